The molecule has 1 aromatic heterocycles. The number of carbonyl (C=O) groups excluding carboxylic acids is 2. The number of thiazole rings is 1. The van der Waals surface area contributed by atoms with Gasteiger partial charge in [-0.3, -0.25) is 9.59 Å². The highest BCUT2D eigenvalue weighted by Gasteiger charge is 2.18. The van der Waals surface area contributed by atoms with Crippen LogP contribution in [0.2, 0.25) is 0 Å². The molecule has 0 saturated heterocycles. The Morgan fingerprint density at radius 3 is 2.46 bits per heavy atom. The van der Waals surface area contributed by atoms with E-state index in [1.807, 2.05) is 54.1 Å². The summed E-state index contributed by atoms with van der Waals surface area (Å²) in [5, 5.41) is 8.14. The average Bonchev–Trinajstić information content (AvgIpc) is 3.16. The molecule has 5 nitrogen and oxygen atoms in total. The summed E-state index contributed by atoms with van der Waals surface area (Å²) >= 11 is 3.07. The molecule has 1 atom stereocenters. The number of anilines is 1. The van der Waals surface area contributed by atoms with Crippen molar-refractivity contribution < 1.29 is 9.59 Å². The Bertz CT molecular complexity index is 940. The van der Waals surface area contributed by atoms with Gasteiger partial charge in [0.15, 0.2) is 5.13 Å². The van der Waals surface area contributed by atoms with E-state index in [9.17, 15) is 9.59 Å². The fourth-order valence-electron chi connectivity index (χ4n) is 2.76. The fourth-order valence-corrected chi connectivity index (χ4v) is 3.91. The van der Waals surface area contributed by atoms with Gasteiger partial charge in [0.2, 0.25) is 11.8 Å². The van der Waals surface area contributed by atoms with E-state index in [0.717, 1.165) is 16.8 Å². The van der Waals surface area contributed by atoms with Crippen LogP contribution < -0.4 is 10.6 Å². The summed E-state index contributed by atoms with van der Waals surface area (Å²) in [7, 11) is 0. The Morgan fingerprint density at radius 1 is 1.11 bits per heavy atom. The van der Waals surface area contributed by atoms with Crippen molar-refractivity contribution in [1.82, 2.24) is 10.3 Å². The molecule has 2 amide bonds. The highest BCUT2D eigenvalue weighted by Crippen LogP contribution is 2.27. The van der Waals surface area contributed by atoms with Crippen molar-refractivity contribution in [3.63, 3.8) is 0 Å². The first-order chi connectivity index (χ1) is 13.5. The molecule has 3 rings (SSSR count). The van der Waals surface area contributed by atoms with Gasteiger partial charge in [0.25, 0.3) is 0 Å². The van der Waals surface area contributed by atoms with Gasteiger partial charge >= 0.3 is 0 Å². The summed E-state index contributed by atoms with van der Waals surface area (Å²) < 4.78 is 0. The SMILES string of the molecule is CSc1ccc(-c2csc(NC(=O)C[C@H](NC(C)=O)c3ccccc3)n2)cc1. The monoisotopic (exact) mass is 411 g/mol. The summed E-state index contributed by atoms with van der Waals surface area (Å²) in [6.07, 6.45) is 2.18. The number of thioether (sulfide) groups is 1. The molecule has 3 aromatic rings. The molecule has 0 unspecified atom stereocenters. The highest BCUT2D eigenvalue weighted by molar-refractivity contribution is 7.98. The summed E-state index contributed by atoms with van der Waals surface area (Å²) in [5.41, 5.74) is 2.73. The second-order valence-electron chi connectivity index (χ2n) is 6.18. The maximum absolute atomic E-state index is 12.5. The first-order valence-electron chi connectivity index (χ1n) is 8.77. The number of carbonyl (C=O) groups is 2. The number of nitrogens with one attached hydrogen (secondary N) is 2. The minimum atomic E-state index is -0.378. The number of amides is 2. The van der Waals surface area contributed by atoms with Gasteiger partial charge in [-0.1, -0.05) is 42.5 Å². The van der Waals surface area contributed by atoms with Crippen LogP contribution in [0.1, 0.15) is 24.9 Å². The third kappa shape index (κ3) is 5.43. The topological polar surface area (TPSA) is 71.1 Å². The van der Waals surface area contributed by atoms with Gasteiger partial charge in [-0.2, -0.15) is 0 Å². The standard InChI is InChI=1S/C21H21N3O2S2/c1-14(25)22-18(15-6-4-3-5-7-15)12-20(26)24-21-23-19(13-28-21)16-8-10-17(27-2)11-9-16/h3-11,13,18H,12H2,1-2H3,(H,22,25)(H,23,24,26)/t18-/m0/s1. The van der Waals surface area contributed by atoms with Crippen LogP contribution in [-0.4, -0.2) is 23.1 Å². The molecule has 0 spiro atoms. The lowest BCUT2D eigenvalue weighted by Gasteiger charge is -2.17. The van der Waals surface area contributed by atoms with Gasteiger partial charge in [0.1, 0.15) is 0 Å². The molecule has 0 saturated carbocycles. The Balaban J connectivity index is 1.66. The first-order valence-corrected chi connectivity index (χ1v) is 10.9. The van der Waals surface area contributed by atoms with Gasteiger partial charge < -0.3 is 10.6 Å². The van der Waals surface area contributed by atoms with Gasteiger partial charge in [-0.15, -0.1) is 23.1 Å². The summed E-state index contributed by atoms with van der Waals surface area (Å²) in [5.74, 6) is -0.367. The van der Waals surface area contributed by atoms with Crippen molar-refractivity contribution in [2.45, 2.75) is 24.3 Å². The molecule has 0 aliphatic heterocycles. The van der Waals surface area contributed by atoms with Crippen LogP contribution in [0.3, 0.4) is 0 Å². The van der Waals surface area contributed by atoms with E-state index in [2.05, 4.69) is 27.8 Å². The zero-order valence-electron chi connectivity index (χ0n) is 15.6. The molecule has 0 aliphatic rings. The van der Waals surface area contributed by atoms with E-state index in [0.29, 0.717) is 5.13 Å². The molecule has 28 heavy (non-hydrogen) atoms. The van der Waals surface area contributed by atoms with E-state index in [-0.39, 0.29) is 24.3 Å². The highest BCUT2D eigenvalue weighted by atomic mass is 32.2. The third-order valence-electron chi connectivity index (χ3n) is 4.11. The minimum absolute atomic E-state index is 0.140. The predicted molar refractivity (Wildman–Crippen MR) is 116 cm³/mol. The van der Waals surface area contributed by atoms with E-state index in [1.165, 1.54) is 23.2 Å². The molecule has 144 valence electrons. The second-order valence-corrected chi connectivity index (χ2v) is 7.92. The Labute approximate surface area is 172 Å². The zero-order valence-corrected chi connectivity index (χ0v) is 17.3. The molecule has 0 fully saturated rings. The van der Waals surface area contributed by atoms with Crippen LogP contribution in [0.5, 0.6) is 0 Å². The van der Waals surface area contributed by atoms with Gasteiger partial charge in [-0.05, 0) is 24.0 Å². The number of hydrogen-bond donors (Lipinski definition) is 2. The number of benzene rings is 2. The van der Waals surface area contributed by atoms with Crippen molar-refractivity contribution in [3.05, 3.63) is 65.5 Å². The van der Waals surface area contributed by atoms with Crippen molar-refractivity contribution in [2.75, 3.05) is 11.6 Å². The maximum Gasteiger partial charge on any atom is 0.228 e. The third-order valence-corrected chi connectivity index (χ3v) is 5.61. The Hall–Kier alpha value is -2.64. The van der Waals surface area contributed by atoms with Crippen molar-refractivity contribution in [1.29, 1.82) is 0 Å². The first kappa shape index (κ1) is 20.1. The molecular weight excluding hydrogens is 390 g/mol. The van der Waals surface area contributed by atoms with E-state index in [4.69, 9.17) is 0 Å². The van der Waals surface area contributed by atoms with E-state index < -0.39 is 0 Å². The summed E-state index contributed by atoms with van der Waals surface area (Å²) in [4.78, 5) is 29.7. The molecular formula is C21H21N3O2S2. The quantitative estimate of drug-likeness (QED) is 0.551. The molecule has 0 bridgehead atoms. The summed E-state index contributed by atoms with van der Waals surface area (Å²) in [6, 6.07) is 17.2. The zero-order chi connectivity index (χ0) is 19.9. The summed E-state index contributed by atoms with van der Waals surface area (Å²) in [6.45, 7) is 1.45. The lowest BCUT2D eigenvalue weighted by molar-refractivity contribution is -0.120. The fraction of sp³-hybridized carbons (Fsp3) is 0.190. The van der Waals surface area contributed by atoms with Crippen molar-refractivity contribution >= 4 is 40.0 Å². The smallest absolute Gasteiger partial charge is 0.228 e. The van der Waals surface area contributed by atoms with Crippen molar-refractivity contribution in [2.24, 2.45) is 0 Å². The number of rotatable bonds is 7. The van der Waals surface area contributed by atoms with Gasteiger partial charge in [0.05, 0.1) is 18.2 Å². The number of nitrogens with zero attached hydrogens (tertiary/aromatic N) is 1. The largest absolute Gasteiger partial charge is 0.349 e. The average molecular weight is 412 g/mol. The van der Waals surface area contributed by atoms with Crippen LogP contribution in [0.15, 0.2) is 64.9 Å². The molecule has 2 aromatic carbocycles. The predicted octanol–water partition coefficient (Wildman–Crippen LogP) is 4.74. The molecule has 1 heterocycles. The van der Waals surface area contributed by atoms with Crippen LogP contribution in [0.4, 0.5) is 5.13 Å². The number of aromatic nitrogens is 1. The molecule has 0 radical (unpaired) electrons. The van der Waals surface area contributed by atoms with E-state index in [1.54, 1.807) is 11.8 Å². The van der Waals surface area contributed by atoms with Gasteiger partial charge in [-0.25, -0.2) is 4.98 Å². The molecule has 0 aliphatic carbocycles. The van der Waals surface area contributed by atoms with E-state index >= 15 is 0 Å². The maximum atomic E-state index is 12.5. The lowest BCUT2D eigenvalue weighted by atomic mass is 10.0. The van der Waals surface area contributed by atoms with Crippen molar-refractivity contribution in [3.8, 4) is 11.3 Å². The Morgan fingerprint density at radius 2 is 1.82 bits per heavy atom. The van der Waals surface area contributed by atoms with Crippen LogP contribution in [0, 0.1) is 0 Å². The second kappa shape index (κ2) is 9.52. The number of hydrogen-bond acceptors (Lipinski definition) is 5. The normalized spacial score (nSPS) is 11.6. The minimum Gasteiger partial charge on any atom is -0.349 e. The lowest BCUT2D eigenvalue weighted by Crippen LogP contribution is -2.29. The van der Waals surface area contributed by atoms with Crippen LogP contribution >= 0.6 is 23.1 Å². The molecule has 2 N–H and O–H groups in total. The van der Waals surface area contributed by atoms with Crippen LogP contribution in [-0.2, 0) is 9.59 Å². The van der Waals surface area contributed by atoms with Gasteiger partial charge in [0, 0.05) is 22.8 Å². The van der Waals surface area contributed by atoms with Crippen LogP contribution in [0.25, 0.3) is 11.3 Å². The Kier molecular flexibility index (Phi) is 6.84. The molecule has 7 heteroatoms.